The van der Waals surface area contributed by atoms with Crippen molar-refractivity contribution in [2.45, 2.75) is 12.2 Å². The van der Waals surface area contributed by atoms with Crippen LogP contribution in [-0.4, -0.2) is 16.3 Å². The van der Waals surface area contributed by atoms with Crippen LogP contribution >= 0.6 is 11.8 Å². The van der Waals surface area contributed by atoms with Gasteiger partial charge in [0.1, 0.15) is 5.82 Å². The van der Waals surface area contributed by atoms with E-state index in [4.69, 9.17) is 0 Å². The smallest absolute Gasteiger partial charge is 0.237 e. The predicted octanol–water partition coefficient (Wildman–Crippen LogP) is 5.15. The lowest BCUT2D eigenvalue weighted by molar-refractivity contribution is -0.115. The highest BCUT2D eigenvalue weighted by Gasteiger charge is 2.20. The number of benzene rings is 3. The van der Waals surface area contributed by atoms with Crippen LogP contribution in [-0.2, 0) is 4.79 Å². The number of rotatable bonds is 3. The van der Waals surface area contributed by atoms with Gasteiger partial charge in [-0.3, -0.25) is 4.79 Å². The van der Waals surface area contributed by atoms with E-state index in [1.165, 1.54) is 36.0 Å². The molecule has 0 fully saturated rings. The van der Waals surface area contributed by atoms with Crippen LogP contribution in [0, 0.1) is 5.82 Å². The van der Waals surface area contributed by atoms with Gasteiger partial charge in [-0.05, 0) is 48.7 Å². The zero-order valence-corrected chi connectivity index (χ0v) is 14.8. The fraction of sp³-hybridized carbons (Fsp3) is 0.100. The second-order valence-corrected chi connectivity index (χ2v) is 7.31. The summed E-state index contributed by atoms with van der Waals surface area (Å²) >= 11 is 1.35. The van der Waals surface area contributed by atoms with E-state index in [2.05, 4.69) is 27.8 Å². The van der Waals surface area contributed by atoms with Crippen LogP contribution in [0.15, 0.2) is 65.7 Å². The van der Waals surface area contributed by atoms with Crippen molar-refractivity contribution in [1.29, 1.82) is 0 Å². The van der Waals surface area contributed by atoms with Gasteiger partial charge in [0.25, 0.3) is 0 Å². The predicted molar refractivity (Wildman–Crippen MR) is 107 cm³/mol. The molecule has 1 aliphatic heterocycles. The first-order chi connectivity index (χ1) is 12.6. The minimum atomic E-state index is -0.365. The number of hydrogen-bond donors (Lipinski definition) is 2. The van der Waals surface area contributed by atoms with Crippen molar-refractivity contribution in [1.82, 2.24) is 0 Å². The van der Waals surface area contributed by atoms with Crippen LogP contribution in [0.25, 0.3) is 10.8 Å². The molecule has 1 amide bonds. The second-order valence-electron chi connectivity index (χ2n) is 5.98. The van der Waals surface area contributed by atoms with Crippen molar-refractivity contribution in [3.05, 3.63) is 66.5 Å². The number of nitrogens with one attached hydrogen (secondary N) is 2. The number of halogens is 1. The van der Waals surface area contributed by atoms with E-state index in [0.717, 1.165) is 22.1 Å². The van der Waals surface area contributed by atoms with E-state index in [-0.39, 0.29) is 17.0 Å². The highest BCUT2D eigenvalue weighted by atomic mass is 32.2. The van der Waals surface area contributed by atoms with Gasteiger partial charge < -0.3 is 10.6 Å². The molecule has 0 radical (unpaired) electrons. The van der Waals surface area contributed by atoms with Crippen LogP contribution in [0.3, 0.4) is 0 Å². The molecule has 26 heavy (non-hydrogen) atoms. The molecule has 0 unspecified atom stereocenters. The van der Waals surface area contributed by atoms with Crippen LogP contribution in [0.5, 0.6) is 0 Å². The maximum Gasteiger partial charge on any atom is 0.237 e. The number of thioether (sulfide) groups is 1. The SMILES string of the molecule is C[C@@H](SC1=Nc2cccc3cccc(c23)N1)C(=O)Nc1ccc(F)cc1. The normalized spacial score (nSPS) is 13.7. The summed E-state index contributed by atoms with van der Waals surface area (Å²) in [5.74, 6) is -0.498. The molecule has 0 spiro atoms. The Morgan fingerprint density at radius 3 is 2.62 bits per heavy atom. The van der Waals surface area contributed by atoms with Crippen molar-refractivity contribution in [2.75, 3.05) is 10.6 Å². The van der Waals surface area contributed by atoms with Crippen molar-refractivity contribution in [3.63, 3.8) is 0 Å². The maximum absolute atomic E-state index is 13.0. The number of aliphatic imine (C=N–C) groups is 1. The highest BCUT2D eigenvalue weighted by Crippen LogP contribution is 2.37. The van der Waals surface area contributed by atoms with E-state index >= 15 is 0 Å². The third-order valence-electron chi connectivity index (χ3n) is 4.12. The van der Waals surface area contributed by atoms with Gasteiger partial charge in [-0.1, -0.05) is 36.0 Å². The third-order valence-corrected chi connectivity index (χ3v) is 5.10. The third kappa shape index (κ3) is 3.28. The van der Waals surface area contributed by atoms with Crippen molar-refractivity contribution in [3.8, 4) is 0 Å². The number of amides is 1. The fourth-order valence-electron chi connectivity index (χ4n) is 2.82. The molecule has 3 aromatic rings. The zero-order valence-electron chi connectivity index (χ0n) is 14.0. The van der Waals surface area contributed by atoms with Crippen LogP contribution in [0.4, 0.5) is 21.5 Å². The minimum absolute atomic E-state index is 0.164. The Morgan fingerprint density at radius 2 is 1.85 bits per heavy atom. The van der Waals surface area contributed by atoms with E-state index in [0.29, 0.717) is 10.9 Å². The summed E-state index contributed by atoms with van der Waals surface area (Å²) in [6, 6.07) is 17.8. The summed E-state index contributed by atoms with van der Waals surface area (Å²) < 4.78 is 13.0. The van der Waals surface area contributed by atoms with Crippen molar-refractivity contribution in [2.24, 2.45) is 4.99 Å². The average Bonchev–Trinajstić information content (AvgIpc) is 2.64. The van der Waals surface area contributed by atoms with E-state index in [1.54, 1.807) is 0 Å². The van der Waals surface area contributed by atoms with E-state index in [1.807, 2.05) is 31.2 Å². The van der Waals surface area contributed by atoms with Gasteiger partial charge in [-0.25, -0.2) is 9.38 Å². The first-order valence-corrected chi connectivity index (χ1v) is 9.09. The van der Waals surface area contributed by atoms with Gasteiger partial charge >= 0.3 is 0 Å². The molecule has 0 aliphatic carbocycles. The molecular formula is C20H16FN3OS. The summed E-state index contributed by atoms with van der Waals surface area (Å²) in [5.41, 5.74) is 2.45. The Kier molecular flexibility index (Phi) is 4.34. The van der Waals surface area contributed by atoms with Gasteiger partial charge in [-0.2, -0.15) is 0 Å². The number of anilines is 2. The Balaban J connectivity index is 1.50. The van der Waals surface area contributed by atoms with Crippen molar-refractivity contribution < 1.29 is 9.18 Å². The summed E-state index contributed by atoms with van der Waals surface area (Å²) in [6.45, 7) is 1.81. The molecule has 1 heterocycles. The zero-order chi connectivity index (χ0) is 18.1. The number of carbonyl (C=O) groups excluding carboxylic acids is 1. The minimum Gasteiger partial charge on any atom is -0.334 e. The highest BCUT2D eigenvalue weighted by molar-refractivity contribution is 8.15. The molecule has 0 aromatic heterocycles. The monoisotopic (exact) mass is 365 g/mol. The summed E-state index contributed by atoms with van der Waals surface area (Å²) in [4.78, 5) is 17.0. The van der Waals surface area contributed by atoms with Crippen LogP contribution < -0.4 is 10.6 Å². The Labute approximate surface area is 154 Å². The molecule has 1 atom stereocenters. The molecule has 1 aliphatic rings. The number of nitrogens with zero attached hydrogens (tertiary/aromatic N) is 1. The first kappa shape index (κ1) is 16.6. The Hall–Kier alpha value is -2.86. The topological polar surface area (TPSA) is 53.5 Å². The molecular weight excluding hydrogens is 349 g/mol. The van der Waals surface area contributed by atoms with E-state index in [9.17, 15) is 9.18 Å². The lowest BCUT2D eigenvalue weighted by atomic mass is 10.1. The second kappa shape index (κ2) is 6.80. The number of amidine groups is 1. The maximum atomic E-state index is 13.0. The lowest BCUT2D eigenvalue weighted by Gasteiger charge is -2.20. The first-order valence-electron chi connectivity index (χ1n) is 8.21. The quantitative estimate of drug-likeness (QED) is 0.675. The lowest BCUT2D eigenvalue weighted by Crippen LogP contribution is -2.25. The molecule has 6 heteroatoms. The molecule has 0 saturated heterocycles. The molecule has 4 nitrogen and oxygen atoms in total. The summed E-state index contributed by atoms with van der Waals surface area (Å²) in [6.07, 6.45) is 0. The molecule has 3 aromatic carbocycles. The van der Waals surface area contributed by atoms with Gasteiger partial charge in [-0.15, -0.1) is 0 Å². The van der Waals surface area contributed by atoms with E-state index < -0.39 is 0 Å². The number of hydrogen-bond acceptors (Lipinski definition) is 4. The van der Waals surface area contributed by atoms with Gasteiger partial charge in [0.15, 0.2) is 5.17 Å². The fourth-order valence-corrected chi connectivity index (χ4v) is 3.65. The number of carbonyl (C=O) groups is 1. The molecule has 0 bridgehead atoms. The molecule has 0 saturated carbocycles. The Bertz CT molecular complexity index is 1010. The van der Waals surface area contributed by atoms with Crippen molar-refractivity contribution >= 4 is 50.7 Å². The summed E-state index contributed by atoms with van der Waals surface area (Å²) in [5, 5.41) is 8.62. The van der Waals surface area contributed by atoms with Crippen LogP contribution in [0.2, 0.25) is 0 Å². The molecule has 130 valence electrons. The molecule has 2 N–H and O–H groups in total. The Morgan fingerprint density at radius 1 is 1.12 bits per heavy atom. The summed E-state index contributed by atoms with van der Waals surface area (Å²) in [7, 11) is 0. The largest absolute Gasteiger partial charge is 0.334 e. The van der Waals surface area contributed by atoms with Gasteiger partial charge in [0, 0.05) is 11.1 Å². The van der Waals surface area contributed by atoms with Gasteiger partial charge in [0.05, 0.1) is 16.6 Å². The van der Waals surface area contributed by atoms with Crippen LogP contribution in [0.1, 0.15) is 6.92 Å². The van der Waals surface area contributed by atoms with Gasteiger partial charge in [0.2, 0.25) is 5.91 Å². The molecule has 4 rings (SSSR count). The average molecular weight is 365 g/mol. The standard InChI is InChI=1S/C20H16FN3OS/c1-12(19(25)22-15-10-8-14(21)9-11-15)26-20-23-16-6-2-4-13-5-3-7-17(24-20)18(13)16/h2-12H,1H3,(H,22,25)(H,23,24)/t12-/m1/s1.